The average molecular weight is 268 g/mol. The minimum Gasteiger partial charge on any atom is -0.379 e. The fraction of sp³-hybridized carbons (Fsp3) is 0.933. The van der Waals surface area contributed by atoms with Crippen molar-refractivity contribution in [3.63, 3.8) is 0 Å². The van der Waals surface area contributed by atoms with Crippen LogP contribution >= 0.6 is 0 Å². The van der Waals surface area contributed by atoms with E-state index in [1.165, 1.54) is 0 Å². The molecular formula is C15H28N2O2. The summed E-state index contributed by atoms with van der Waals surface area (Å²) in [6, 6.07) is 0.241. The number of hydrogen-bond donors (Lipinski definition) is 1. The topological polar surface area (TPSA) is 41.6 Å². The van der Waals surface area contributed by atoms with Crippen molar-refractivity contribution in [2.45, 2.75) is 77.2 Å². The Morgan fingerprint density at radius 2 is 2.16 bits per heavy atom. The second kappa shape index (κ2) is 5.41. The van der Waals surface area contributed by atoms with E-state index in [-0.39, 0.29) is 24.2 Å². The summed E-state index contributed by atoms with van der Waals surface area (Å²) in [5.74, 6) is 0.665. The molecule has 1 aliphatic carbocycles. The molecule has 1 N–H and O–H groups in total. The number of hydrogen-bond acceptors (Lipinski definition) is 3. The molecule has 4 unspecified atom stereocenters. The monoisotopic (exact) mass is 268 g/mol. The Kier molecular flexibility index (Phi) is 4.21. The molecule has 110 valence electrons. The predicted molar refractivity (Wildman–Crippen MR) is 75.7 cm³/mol. The van der Waals surface area contributed by atoms with Gasteiger partial charge in [-0.2, -0.15) is 0 Å². The number of carbonyl (C=O) groups excluding carboxylic acids is 1. The SMILES string of the molecule is CCC1(C)NC(C(C)C)N(C2CCCC2OC)C1=O. The Morgan fingerprint density at radius 1 is 1.47 bits per heavy atom. The molecular weight excluding hydrogens is 240 g/mol. The Morgan fingerprint density at radius 3 is 2.68 bits per heavy atom. The van der Waals surface area contributed by atoms with E-state index in [0.29, 0.717) is 5.92 Å². The van der Waals surface area contributed by atoms with Gasteiger partial charge in [0.15, 0.2) is 0 Å². The maximum absolute atomic E-state index is 12.8. The molecule has 19 heavy (non-hydrogen) atoms. The summed E-state index contributed by atoms with van der Waals surface area (Å²) >= 11 is 0. The first-order chi connectivity index (χ1) is 8.94. The van der Waals surface area contributed by atoms with Crippen molar-refractivity contribution >= 4 is 5.91 Å². The van der Waals surface area contributed by atoms with Crippen LogP contribution in [0.4, 0.5) is 0 Å². The van der Waals surface area contributed by atoms with Crippen molar-refractivity contribution in [2.24, 2.45) is 5.92 Å². The number of nitrogens with one attached hydrogen (secondary N) is 1. The van der Waals surface area contributed by atoms with Crippen molar-refractivity contribution in [2.75, 3.05) is 7.11 Å². The molecule has 1 heterocycles. The maximum Gasteiger partial charge on any atom is 0.244 e. The molecule has 1 saturated carbocycles. The van der Waals surface area contributed by atoms with Crippen LogP contribution in [0.1, 0.15) is 53.4 Å². The van der Waals surface area contributed by atoms with Gasteiger partial charge in [-0.05, 0) is 38.5 Å². The second-order valence-electron chi connectivity index (χ2n) is 6.50. The van der Waals surface area contributed by atoms with Crippen molar-refractivity contribution < 1.29 is 9.53 Å². The lowest BCUT2D eigenvalue weighted by Gasteiger charge is -2.35. The third-order valence-electron chi connectivity index (χ3n) is 4.89. The number of amides is 1. The molecule has 4 atom stereocenters. The molecule has 2 rings (SSSR count). The van der Waals surface area contributed by atoms with E-state index in [4.69, 9.17) is 4.74 Å². The zero-order valence-electron chi connectivity index (χ0n) is 12.9. The quantitative estimate of drug-likeness (QED) is 0.849. The van der Waals surface area contributed by atoms with Crippen LogP contribution in [-0.2, 0) is 9.53 Å². The molecule has 4 heteroatoms. The molecule has 0 radical (unpaired) electrons. The van der Waals surface area contributed by atoms with Gasteiger partial charge in [-0.25, -0.2) is 0 Å². The van der Waals surface area contributed by atoms with Gasteiger partial charge in [0.2, 0.25) is 5.91 Å². The molecule has 0 aromatic heterocycles. The summed E-state index contributed by atoms with van der Waals surface area (Å²) in [5, 5.41) is 3.56. The number of nitrogens with zero attached hydrogens (tertiary/aromatic N) is 1. The molecule has 0 spiro atoms. The molecule has 2 fully saturated rings. The van der Waals surface area contributed by atoms with E-state index in [2.05, 4.69) is 31.0 Å². The van der Waals surface area contributed by atoms with E-state index in [1.54, 1.807) is 7.11 Å². The van der Waals surface area contributed by atoms with Crippen LogP contribution in [0.2, 0.25) is 0 Å². The molecule has 0 aromatic rings. The van der Waals surface area contributed by atoms with Gasteiger partial charge < -0.3 is 9.64 Å². The van der Waals surface area contributed by atoms with Crippen molar-refractivity contribution in [3.05, 3.63) is 0 Å². The van der Waals surface area contributed by atoms with Gasteiger partial charge >= 0.3 is 0 Å². The van der Waals surface area contributed by atoms with E-state index in [1.807, 2.05) is 6.92 Å². The number of rotatable bonds is 4. The lowest BCUT2D eigenvalue weighted by atomic mass is 9.98. The lowest BCUT2D eigenvalue weighted by molar-refractivity contribution is -0.138. The Labute approximate surface area is 116 Å². The highest BCUT2D eigenvalue weighted by atomic mass is 16.5. The lowest BCUT2D eigenvalue weighted by Crippen LogP contribution is -2.50. The summed E-state index contributed by atoms with van der Waals surface area (Å²) in [6.45, 7) is 8.46. The van der Waals surface area contributed by atoms with Gasteiger partial charge in [0.05, 0.1) is 23.9 Å². The van der Waals surface area contributed by atoms with E-state index < -0.39 is 5.54 Å². The normalized spacial score (nSPS) is 39.6. The first-order valence-corrected chi connectivity index (χ1v) is 7.58. The van der Waals surface area contributed by atoms with Gasteiger partial charge in [0, 0.05) is 7.11 Å². The predicted octanol–water partition coefficient (Wildman–Crippen LogP) is 2.14. The van der Waals surface area contributed by atoms with Crippen LogP contribution in [0.5, 0.6) is 0 Å². The Hall–Kier alpha value is -0.610. The fourth-order valence-corrected chi connectivity index (χ4v) is 3.47. The summed E-state index contributed by atoms with van der Waals surface area (Å²) in [4.78, 5) is 14.9. The van der Waals surface area contributed by atoms with E-state index in [9.17, 15) is 4.79 Å². The highest BCUT2D eigenvalue weighted by Gasteiger charge is 2.52. The Bertz CT molecular complexity index is 343. The minimum absolute atomic E-state index is 0.137. The second-order valence-corrected chi connectivity index (χ2v) is 6.50. The molecule has 0 bridgehead atoms. The molecule has 4 nitrogen and oxygen atoms in total. The smallest absolute Gasteiger partial charge is 0.244 e. The summed E-state index contributed by atoms with van der Waals surface area (Å²) in [5.41, 5.74) is -0.407. The van der Waals surface area contributed by atoms with Gasteiger partial charge in [-0.1, -0.05) is 20.8 Å². The molecule has 1 saturated heterocycles. The molecule has 1 amide bonds. The Balaban J connectivity index is 2.27. The van der Waals surface area contributed by atoms with Crippen molar-refractivity contribution in [1.29, 1.82) is 0 Å². The van der Waals surface area contributed by atoms with Crippen molar-refractivity contribution in [3.8, 4) is 0 Å². The third-order valence-corrected chi connectivity index (χ3v) is 4.89. The van der Waals surface area contributed by atoms with Crippen molar-refractivity contribution in [1.82, 2.24) is 10.2 Å². The average Bonchev–Trinajstić information content (AvgIpc) is 2.94. The maximum atomic E-state index is 12.8. The first-order valence-electron chi connectivity index (χ1n) is 7.58. The highest BCUT2D eigenvalue weighted by Crippen LogP contribution is 2.35. The number of ether oxygens (including phenoxy) is 1. The number of carbonyl (C=O) groups is 1. The molecule has 1 aliphatic heterocycles. The van der Waals surface area contributed by atoms with Crippen LogP contribution in [-0.4, -0.2) is 41.8 Å². The van der Waals surface area contributed by atoms with Crippen LogP contribution in [0, 0.1) is 5.92 Å². The highest BCUT2D eigenvalue weighted by molar-refractivity contribution is 5.88. The third kappa shape index (κ3) is 2.40. The standard InChI is InChI=1S/C15H28N2O2/c1-6-15(4)14(18)17(13(16-15)10(2)3)11-8-7-9-12(11)19-5/h10-13,16H,6-9H2,1-5H3. The van der Waals surface area contributed by atoms with Crippen LogP contribution in [0.3, 0.4) is 0 Å². The summed E-state index contributed by atoms with van der Waals surface area (Å²) in [6.07, 6.45) is 4.45. The number of methoxy groups -OCH3 is 1. The van der Waals surface area contributed by atoms with Crippen LogP contribution in [0.15, 0.2) is 0 Å². The summed E-state index contributed by atoms with van der Waals surface area (Å²) in [7, 11) is 1.76. The van der Waals surface area contributed by atoms with Crippen LogP contribution < -0.4 is 5.32 Å². The van der Waals surface area contributed by atoms with Gasteiger partial charge in [-0.3, -0.25) is 10.1 Å². The zero-order chi connectivity index (χ0) is 14.2. The van der Waals surface area contributed by atoms with E-state index in [0.717, 1.165) is 25.7 Å². The van der Waals surface area contributed by atoms with Crippen LogP contribution in [0.25, 0.3) is 0 Å². The zero-order valence-corrected chi connectivity index (χ0v) is 12.9. The van der Waals surface area contributed by atoms with E-state index >= 15 is 0 Å². The van der Waals surface area contributed by atoms with Gasteiger partial charge in [0.1, 0.15) is 0 Å². The van der Waals surface area contributed by atoms with Gasteiger partial charge in [0.25, 0.3) is 0 Å². The molecule has 2 aliphatic rings. The first kappa shape index (κ1) is 14.8. The van der Waals surface area contributed by atoms with Gasteiger partial charge in [-0.15, -0.1) is 0 Å². The summed E-state index contributed by atoms with van der Waals surface area (Å²) < 4.78 is 5.59. The minimum atomic E-state index is -0.407. The largest absolute Gasteiger partial charge is 0.379 e. The molecule has 0 aromatic carbocycles. The fourth-order valence-electron chi connectivity index (χ4n) is 3.47.